The number of rotatable bonds is 3. The standard InChI is InChI=1S/C25H25ClFN5O/c1-13-7-16(8-23(33-13)17-11-28-32(4)12-17)21-10-22-25(30-15(3)14(2)29-22)24(31-21)19-6-5-18(26)9-20(19)27/h5-6,9-13,16,23H,7-8H2,1-4H3/t13-,16-,23+/m1/s1. The average molecular weight is 466 g/mol. The van der Waals surface area contributed by atoms with E-state index in [4.69, 9.17) is 31.3 Å². The number of nitrogens with zero attached hydrogens (tertiary/aromatic N) is 5. The van der Waals surface area contributed by atoms with E-state index in [9.17, 15) is 4.39 Å². The fourth-order valence-electron chi connectivity index (χ4n) is 4.54. The van der Waals surface area contributed by atoms with Gasteiger partial charge in [0.2, 0.25) is 0 Å². The zero-order valence-electron chi connectivity index (χ0n) is 19.0. The van der Waals surface area contributed by atoms with Gasteiger partial charge in [0.1, 0.15) is 17.0 Å². The van der Waals surface area contributed by atoms with Crippen LogP contribution in [0.3, 0.4) is 0 Å². The van der Waals surface area contributed by atoms with Crippen molar-refractivity contribution < 1.29 is 9.13 Å². The summed E-state index contributed by atoms with van der Waals surface area (Å²) in [5.41, 5.74) is 5.71. The molecule has 0 N–H and O–H groups in total. The fraction of sp³-hybridized carbons (Fsp3) is 0.360. The number of benzene rings is 1. The van der Waals surface area contributed by atoms with E-state index in [1.54, 1.807) is 16.8 Å². The van der Waals surface area contributed by atoms with Crippen molar-refractivity contribution in [2.75, 3.05) is 0 Å². The molecule has 0 radical (unpaired) electrons. The van der Waals surface area contributed by atoms with E-state index in [-0.39, 0.29) is 18.1 Å². The summed E-state index contributed by atoms with van der Waals surface area (Å²) in [5, 5.41) is 4.63. The summed E-state index contributed by atoms with van der Waals surface area (Å²) in [4.78, 5) is 14.5. The lowest BCUT2D eigenvalue weighted by atomic mass is 9.87. The van der Waals surface area contributed by atoms with E-state index in [2.05, 4.69) is 12.0 Å². The Balaban J connectivity index is 1.64. The number of aryl methyl sites for hydroxylation is 3. The number of pyridine rings is 1. The second kappa shape index (κ2) is 8.47. The van der Waals surface area contributed by atoms with Crippen LogP contribution >= 0.6 is 11.6 Å². The topological polar surface area (TPSA) is 65.7 Å². The van der Waals surface area contributed by atoms with Crippen molar-refractivity contribution in [1.82, 2.24) is 24.7 Å². The van der Waals surface area contributed by atoms with Crippen LogP contribution in [0.2, 0.25) is 5.02 Å². The Bertz CT molecular complexity index is 1350. The third-order valence-electron chi connectivity index (χ3n) is 6.30. The molecule has 3 aromatic heterocycles. The maximum atomic E-state index is 15.0. The number of aromatic nitrogens is 5. The van der Waals surface area contributed by atoms with Gasteiger partial charge in [-0.1, -0.05) is 11.6 Å². The minimum absolute atomic E-state index is 0.0491. The van der Waals surface area contributed by atoms with Gasteiger partial charge in [-0.25, -0.2) is 19.3 Å². The van der Waals surface area contributed by atoms with Gasteiger partial charge in [0.05, 0.1) is 35.3 Å². The van der Waals surface area contributed by atoms with Crippen LogP contribution in [0.25, 0.3) is 22.3 Å². The van der Waals surface area contributed by atoms with Crippen LogP contribution < -0.4 is 0 Å². The summed E-state index contributed by atoms with van der Waals surface area (Å²) in [5.74, 6) is -0.303. The van der Waals surface area contributed by atoms with Crippen molar-refractivity contribution in [2.45, 2.75) is 51.7 Å². The third kappa shape index (κ3) is 4.23. The first-order valence-electron chi connectivity index (χ1n) is 11.0. The Labute approximate surface area is 196 Å². The van der Waals surface area contributed by atoms with E-state index in [0.29, 0.717) is 27.3 Å². The molecule has 4 aromatic rings. The van der Waals surface area contributed by atoms with Crippen molar-refractivity contribution in [1.29, 1.82) is 0 Å². The van der Waals surface area contributed by atoms with Crippen LogP contribution in [0.15, 0.2) is 36.7 Å². The first-order valence-corrected chi connectivity index (χ1v) is 11.4. The normalized spacial score (nSPS) is 21.0. The van der Waals surface area contributed by atoms with Gasteiger partial charge in [0.25, 0.3) is 0 Å². The highest BCUT2D eigenvalue weighted by molar-refractivity contribution is 6.30. The number of ether oxygens (including phenoxy) is 1. The summed E-state index contributed by atoms with van der Waals surface area (Å²) >= 11 is 6.00. The predicted octanol–water partition coefficient (Wildman–Crippen LogP) is 5.86. The van der Waals surface area contributed by atoms with Gasteiger partial charge < -0.3 is 4.74 Å². The Hall–Kier alpha value is -2.90. The van der Waals surface area contributed by atoms with E-state index in [1.165, 1.54) is 6.07 Å². The molecule has 170 valence electrons. The molecule has 1 saturated heterocycles. The molecule has 33 heavy (non-hydrogen) atoms. The number of hydrogen-bond donors (Lipinski definition) is 0. The van der Waals surface area contributed by atoms with Crippen LogP contribution in [0.5, 0.6) is 0 Å². The molecule has 4 heterocycles. The minimum atomic E-state index is -0.429. The molecule has 0 unspecified atom stereocenters. The molecular formula is C25H25ClFN5O. The molecule has 0 amide bonds. The summed E-state index contributed by atoms with van der Waals surface area (Å²) in [7, 11) is 1.90. The molecule has 0 spiro atoms. The molecule has 5 rings (SSSR count). The highest BCUT2D eigenvalue weighted by atomic mass is 35.5. The van der Waals surface area contributed by atoms with E-state index >= 15 is 0 Å². The van der Waals surface area contributed by atoms with Crippen molar-refractivity contribution in [2.24, 2.45) is 7.05 Å². The minimum Gasteiger partial charge on any atom is -0.370 e. The zero-order valence-corrected chi connectivity index (χ0v) is 19.8. The summed E-state index contributed by atoms with van der Waals surface area (Å²) < 4.78 is 23.0. The van der Waals surface area contributed by atoms with Crippen LogP contribution in [0.1, 0.15) is 54.4 Å². The number of halogens is 2. The van der Waals surface area contributed by atoms with Crippen LogP contribution in [0, 0.1) is 19.7 Å². The third-order valence-corrected chi connectivity index (χ3v) is 6.53. The van der Waals surface area contributed by atoms with Gasteiger partial charge in [-0.05, 0) is 57.9 Å². The summed E-state index contributed by atoms with van der Waals surface area (Å²) in [6, 6.07) is 6.63. The first kappa shape index (κ1) is 21.9. The maximum Gasteiger partial charge on any atom is 0.134 e. The highest BCUT2D eigenvalue weighted by Crippen LogP contribution is 2.41. The van der Waals surface area contributed by atoms with Crippen molar-refractivity contribution in [3.8, 4) is 11.3 Å². The second-order valence-electron chi connectivity index (χ2n) is 8.83. The first-order chi connectivity index (χ1) is 15.8. The lowest BCUT2D eigenvalue weighted by molar-refractivity contribution is -0.0506. The monoisotopic (exact) mass is 465 g/mol. The average Bonchev–Trinajstić information content (AvgIpc) is 3.20. The van der Waals surface area contributed by atoms with E-state index in [1.807, 2.05) is 39.4 Å². The molecule has 1 fully saturated rings. The van der Waals surface area contributed by atoms with Crippen molar-refractivity contribution in [3.63, 3.8) is 0 Å². The van der Waals surface area contributed by atoms with Gasteiger partial charge in [0.15, 0.2) is 0 Å². The largest absolute Gasteiger partial charge is 0.370 e. The zero-order chi connectivity index (χ0) is 23.3. The Morgan fingerprint density at radius 3 is 2.61 bits per heavy atom. The number of hydrogen-bond acceptors (Lipinski definition) is 5. The van der Waals surface area contributed by atoms with Gasteiger partial charge in [-0.15, -0.1) is 0 Å². The lowest BCUT2D eigenvalue weighted by Gasteiger charge is -2.33. The second-order valence-corrected chi connectivity index (χ2v) is 9.27. The van der Waals surface area contributed by atoms with Gasteiger partial charge in [0, 0.05) is 41.0 Å². The fourth-order valence-corrected chi connectivity index (χ4v) is 4.70. The van der Waals surface area contributed by atoms with Crippen molar-refractivity contribution >= 4 is 22.6 Å². The quantitative estimate of drug-likeness (QED) is 0.379. The van der Waals surface area contributed by atoms with Gasteiger partial charge in [-0.2, -0.15) is 5.10 Å². The smallest absolute Gasteiger partial charge is 0.134 e. The van der Waals surface area contributed by atoms with Gasteiger partial charge >= 0.3 is 0 Å². The SMILES string of the molecule is Cc1nc2cc([C@@H]3C[C@@H](C)O[C@H](c4cnn(C)c4)C3)nc(-c3ccc(Cl)cc3F)c2nc1C. The van der Waals surface area contributed by atoms with Crippen LogP contribution in [-0.4, -0.2) is 30.8 Å². The van der Waals surface area contributed by atoms with E-state index < -0.39 is 5.82 Å². The molecule has 6 nitrogen and oxygen atoms in total. The Kier molecular flexibility index (Phi) is 5.62. The molecular weight excluding hydrogens is 441 g/mol. The number of fused-ring (bicyclic) bond motifs is 1. The summed E-state index contributed by atoms with van der Waals surface area (Å²) in [6.07, 6.45) is 5.38. The molecule has 3 atom stereocenters. The van der Waals surface area contributed by atoms with Crippen molar-refractivity contribution in [3.05, 3.63) is 70.1 Å². The molecule has 8 heteroatoms. The Morgan fingerprint density at radius 1 is 1.09 bits per heavy atom. The molecule has 0 saturated carbocycles. The van der Waals surface area contributed by atoms with E-state index in [0.717, 1.165) is 35.5 Å². The van der Waals surface area contributed by atoms with Crippen LogP contribution in [0.4, 0.5) is 4.39 Å². The maximum absolute atomic E-state index is 15.0. The molecule has 1 aliphatic rings. The summed E-state index contributed by atoms with van der Waals surface area (Å²) in [6.45, 7) is 5.90. The molecule has 1 aliphatic heterocycles. The highest BCUT2D eigenvalue weighted by Gasteiger charge is 2.31. The van der Waals surface area contributed by atoms with Gasteiger partial charge in [-0.3, -0.25) is 4.68 Å². The molecule has 0 aliphatic carbocycles. The Morgan fingerprint density at radius 2 is 1.88 bits per heavy atom. The molecule has 1 aromatic carbocycles. The molecule has 0 bridgehead atoms. The lowest BCUT2D eigenvalue weighted by Crippen LogP contribution is -2.25. The van der Waals surface area contributed by atoms with Crippen LogP contribution in [-0.2, 0) is 11.8 Å². The predicted molar refractivity (Wildman–Crippen MR) is 126 cm³/mol.